The molecule has 0 radical (unpaired) electrons. The highest BCUT2D eigenvalue weighted by Gasteiger charge is 2.40. The van der Waals surface area contributed by atoms with Gasteiger partial charge in [0.15, 0.2) is 0 Å². The van der Waals surface area contributed by atoms with Gasteiger partial charge in [-0.15, -0.1) is 0 Å². The molecule has 1 saturated heterocycles. The Bertz CT molecular complexity index is 930. The first-order valence-electron chi connectivity index (χ1n) is 11.5. The minimum Gasteiger partial charge on any atom is -0.381 e. The van der Waals surface area contributed by atoms with Gasteiger partial charge in [-0.1, -0.05) is 48.0 Å². The van der Waals surface area contributed by atoms with Crippen LogP contribution in [0.4, 0.5) is 4.39 Å². The highest BCUT2D eigenvalue weighted by Crippen LogP contribution is 2.36. The molecule has 4 rings (SSSR count). The number of amides is 1. The molecule has 1 N–H and O–H groups in total. The van der Waals surface area contributed by atoms with Gasteiger partial charge < -0.3 is 10.1 Å². The number of halogens is 1. The van der Waals surface area contributed by atoms with Crippen molar-refractivity contribution in [2.45, 2.75) is 51.4 Å². The third-order valence-electron chi connectivity index (χ3n) is 6.68. The van der Waals surface area contributed by atoms with E-state index in [1.54, 1.807) is 12.1 Å². The quantitative estimate of drug-likeness (QED) is 0.571. The SMILES string of the molecule is O=C(NCCC1=CCCCC1)C1(Cc2cccc(-c3cccc(F)c3)c2)CCOCC1. The smallest absolute Gasteiger partial charge is 0.226 e. The predicted octanol–water partition coefficient (Wildman–Crippen LogP) is 5.84. The third kappa shape index (κ3) is 5.62. The summed E-state index contributed by atoms with van der Waals surface area (Å²) in [6.45, 7) is 1.93. The minimum atomic E-state index is -0.445. The number of hydrogen-bond donors (Lipinski definition) is 1. The summed E-state index contributed by atoms with van der Waals surface area (Å²) in [5.41, 5.74) is 3.97. The van der Waals surface area contributed by atoms with Crippen molar-refractivity contribution in [1.82, 2.24) is 5.32 Å². The van der Waals surface area contributed by atoms with Crippen molar-refractivity contribution in [3.8, 4) is 11.1 Å². The zero-order valence-corrected chi connectivity index (χ0v) is 18.2. The van der Waals surface area contributed by atoms with Crippen molar-refractivity contribution in [3.63, 3.8) is 0 Å². The number of hydrogen-bond acceptors (Lipinski definition) is 2. The summed E-state index contributed by atoms with van der Waals surface area (Å²) in [6, 6.07) is 14.8. The summed E-state index contributed by atoms with van der Waals surface area (Å²) < 4.78 is 19.3. The standard InChI is InChI=1S/C27H32FNO2/c28-25-11-5-10-24(19-25)23-9-4-8-22(18-23)20-27(13-16-31-17-14-27)26(30)29-15-12-21-6-2-1-3-7-21/h4-6,8-11,18-19H,1-3,7,12-17,20H2,(H,29,30). The van der Waals surface area contributed by atoms with E-state index in [2.05, 4.69) is 23.5 Å². The summed E-state index contributed by atoms with van der Waals surface area (Å²) in [4.78, 5) is 13.3. The van der Waals surface area contributed by atoms with E-state index < -0.39 is 5.41 Å². The molecule has 1 aliphatic heterocycles. The number of ether oxygens (including phenoxy) is 1. The van der Waals surface area contributed by atoms with Gasteiger partial charge in [-0.2, -0.15) is 0 Å². The number of nitrogens with one attached hydrogen (secondary N) is 1. The summed E-state index contributed by atoms with van der Waals surface area (Å²) in [6.07, 6.45) is 10.3. The maximum Gasteiger partial charge on any atom is 0.226 e. The molecular weight excluding hydrogens is 389 g/mol. The number of carbonyl (C=O) groups excluding carboxylic acids is 1. The van der Waals surface area contributed by atoms with Crippen LogP contribution in [0.25, 0.3) is 11.1 Å². The van der Waals surface area contributed by atoms with Crippen molar-refractivity contribution >= 4 is 5.91 Å². The molecule has 4 heteroatoms. The number of rotatable bonds is 7. The highest BCUT2D eigenvalue weighted by molar-refractivity contribution is 5.83. The van der Waals surface area contributed by atoms with Gasteiger partial charge in [0.05, 0.1) is 5.41 Å². The van der Waals surface area contributed by atoms with E-state index >= 15 is 0 Å². The molecule has 3 nitrogen and oxygen atoms in total. The zero-order valence-electron chi connectivity index (χ0n) is 18.2. The van der Waals surface area contributed by atoms with E-state index in [4.69, 9.17) is 4.74 Å². The van der Waals surface area contributed by atoms with Crippen LogP contribution in [0.15, 0.2) is 60.2 Å². The van der Waals surface area contributed by atoms with E-state index in [1.165, 1.54) is 37.3 Å². The Morgan fingerprint density at radius 1 is 1.03 bits per heavy atom. The van der Waals surface area contributed by atoms with Crippen LogP contribution in [0.2, 0.25) is 0 Å². The molecule has 2 aromatic rings. The van der Waals surface area contributed by atoms with Crippen LogP contribution in [0.5, 0.6) is 0 Å². The zero-order chi connectivity index (χ0) is 21.5. The lowest BCUT2D eigenvalue weighted by molar-refractivity contribution is -0.136. The van der Waals surface area contributed by atoms with Crippen LogP contribution >= 0.6 is 0 Å². The molecule has 2 aliphatic rings. The topological polar surface area (TPSA) is 38.3 Å². The second-order valence-electron chi connectivity index (χ2n) is 8.89. The molecule has 164 valence electrons. The molecule has 0 unspecified atom stereocenters. The number of carbonyl (C=O) groups is 1. The van der Waals surface area contributed by atoms with Gasteiger partial charge in [0, 0.05) is 19.8 Å². The third-order valence-corrected chi connectivity index (χ3v) is 6.68. The Kier molecular flexibility index (Phi) is 7.18. The van der Waals surface area contributed by atoms with Crippen LogP contribution in [0.3, 0.4) is 0 Å². The lowest BCUT2D eigenvalue weighted by atomic mass is 9.74. The monoisotopic (exact) mass is 421 g/mol. The molecule has 0 saturated carbocycles. The van der Waals surface area contributed by atoms with Gasteiger partial charge in [-0.3, -0.25) is 4.79 Å². The van der Waals surface area contributed by atoms with Crippen molar-refractivity contribution < 1.29 is 13.9 Å². The first kappa shape index (κ1) is 21.8. The van der Waals surface area contributed by atoms with Crippen molar-refractivity contribution in [2.24, 2.45) is 5.41 Å². The van der Waals surface area contributed by atoms with E-state index in [0.29, 0.717) is 26.2 Å². The molecule has 31 heavy (non-hydrogen) atoms. The number of benzene rings is 2. The van der Waals surface area contributed by atoms with Gasteiger partial charge in [0.2, 0.25) is 5.91 Å². The average molecular weight is 422 g/mol. The number of allylic oxidation sites excluding steroid dienone is 1. The van der Waals surface area contributed by atoms with Gasteiger partial charge in [0.25, 0.3) is 0 Å². The van der Waals surface area contributed by atoms with E-state index in [9.17, 15) is 9.18 Å². The molecule has 0 atom stereocenters. The molecular formula is C27H32FNO2. The Labute approximate surface area is 184 Å². The van der Waals surface area contributed by atoms with Crippen molar-refractivity contribution in [2.75, 3.05) is 19.8 Å². The first-order valence-corrected chi connectivity index (χ1v) is 11.5. The average Bonchev–Trinajstić information content (AvgIpc) is 2.80. The van der Waals surface area contributed by atoms with Crippen LogP contribution < -0.4 is 5.32 Å². The van der Waals surface area contributed by atoms with E-state index in [1.807, 2.05) is 18.2 Å². The van der Waals surface area contributed by atoms with E-state index in [0.717, 1.165) is 36.0 Å². The van der Waals surface area contributed by atoms with Gasteiger partial charge >= 0.3 is 0 Å². The summed E-state index contributed by atoms with van der Waals surface area (Å²) in [5.74, 6) is -0.0976. The maximum atomic E-state index is 13.7. The normalized spacial score (nSPS) is 18.3. The van der Waals surface area contributed by atoms with Gasteiger partial charge in [-0.05, 0) is 80.2 Å². The van der Waals surface area contributed by atoms with Gasteiger partial charge in [0.1, 0.15) is 5.82 Å². The summed E-state index contributed by atoms with van der Waals surface area (Å²) in [5, 5.41) is 3.23. The molecule has 0 spiro atoms. The molecule has 1 fully saturated rings. The second-order valence-corrected chi connectivity index (χ2v) is 8.89. The fourth-order valence-electron chi connectivity index (χ4n) is 4.82. The molecule has 0 bridgehead atoms. The fraction of sp³-hybridized carbons (Fsp3) is 0.444. The molecule has 1 aliphatic carbocycles. The van der Waals surface area contributed by atoms with Crippen LogP contribution in [0, 0.1) is 11.2 Å². The Morgan fingerprint density at radius 3 is 2.55 bits per heavy atom. The van der Waals surface area contributed by atoms with Crippen molar-refractivity contribution in [1.29, 1.82) is 0 Å². The summed E-state index contributed by atoms with van der Waals surface area (Å²) >= 11 is 0. The molecule has 1 heterocycles. The van der Waals surface area contributed by atoms with Gasteiger partial charge in [-0.25, -0.2) is 4.39 Å². The minimum absolute atomic E-state index is 0.142. The van der Waals surface area contributed by atoms with Crippen molar-refractivity contribution in [3.05, 3.63) is 71.6 Å². The Balaban J connectivity index is 1.46. The molecule has 2 aromatic carbocycles. The second kappa shape index (κ2) is 10.2. The molecule has 1 amide bonds. The van der Waals surface area contributed by atoms with Crippen LogP contribution in [0.1, 0.15) is 50.5 Å². The molecule has 0 aromatic heterocycles. The van der Waals surface area contributed by atoms with Crippen LogP contribution in [-0.2, 0) is 16.0 Å². The predicted molar refractivity (Wildman–Crippen MR) is 122 cm³/mol. The first-order chi connectivity index (χ1) is 15.1. The fourth-order valence-corrected chi connectivity index (χ4v) is 4.82. The Hall–Kier alpha value is -2.46. The summed E-state index contributed by atoms with van der Waals surface area (Å²) in [7, 11) is 0. The maximum absolute atomic E-state index is 13.7. The lowest BCUT2D eigenvalue weighted by Gasteiger charge is -2.36. The Morgan fingerprint density at radius 2 is 1.81 bits per heavy atom. The lowest BCUT2D eigenvalue weighted by Crippen LogP contribution is -2.46. The highest BCUT2D eigenvalue weighted by atomic mass is 19.1. The van der Waals surface area contributed by atoms with Crippen LogP contribution in [-0.4, -0.2) is 25.7 Å². The largest absolute Gasteiger partial charge is 0.381 e. The van der Waals surface area contributed by atoms with E-state index in [-0.39, 0.29) is 11.7 Å².